The molecule has 0 saturated heterocycles. The molecule has 0 aromatic heterocycles. The van der Waals surface area contributed by atoms with Crippen molar-refractivity contribution in [3.05, 3.63) is 23.8 Å². The van der Waals surface area contributed by atoms with E-state index >= 15 is 0 Å². The summed E-state index contributed by atoms with van der Waals surface area (Å²) in [4.78, 5) is 10.5. The molecule has 0 fully saturated rings. The molecule has 1 aromatic carbocycles. The normalized spacial score (nSPS) is 17.1. The molecule has 0 bridgehead atoms. The van der Waals surface area contributed by atoms with Gasteiger partial charge in [0.2, 0.25) is 5.91 Å². The minimum Gasteiger partial charge on any atom is -0.497 e. The fraction of sp³-hybridized carbons (Fsp3) is 0.500. The lowest BCUT2D eigenvalue weighted by Crippen LogP contribution is -2.30. The molecule has 3 N–H and O–H groups in total. The van der Waals surface area contributed by atoms with Gasteiger partial charge in [-0.3, -0.25) is 4.79 Å². The van der Waals surface area contributed by atoms with Gasteiger partial charge in [-0.15, -0.1) is 0 Å². The van der Waals surface area contributed by atoms with Gasteiger partial charge in [-0.25, -0.2) is 0 Å². The number of hydrogen-bond acceptors (Lipinski definition) is 5. The zero-order valence-electron chi connectivity index (χ0n) is 11.6. The van der Waals surface area contributed by atoms with E-state index in [1.807, 2.05) is 18.2 Å². The fourth-order valence-electron chi connectivity index (χ4n) is 2.19. The Morgan fingerprint density at radius 1 is 1.55 bits per heavy atom. The molecule has 2 rings (SSSR count). The van der Waals surface area contributed by atoms with Crippen LogP contribution in [0.5, 0.6) is 11.5 Å². The lowest BCUT2D eigenvalue weighted by molar-refractivity contribution is -0.122. The van der Waals surface area contributed by atoms with Crippen molar-refractivity contribution in [2.24, 2.45) is 5.73 Å². The second-order valence-corrected chi connectivity index (χ2v) is 4.57. The summed E-state index contributed by atoms with van der Waals surface area (Å²) >= 11 is 0. The highest BCUT2D eigenvalue weighted by atomic mass is 16.5. The van der Waals surface area contributed by atoms with Crippen LogP contribution < -0.4 is 20.5 Å². The number of methoxy groups -OCH3 is 1. The maximum absolute atomic E-state index is 10.5. The number of carbonyl (C=O) groups is 1. The zero-order valence-corrected chi connectivity index (χ0v) is 11.6. The van der Waals surface area contributed by atoms with Crippen LogP contribution in [0.3, 0.4) is 0 Å². The Labute approximate surface area is 118 Å². The smallest absolute Gasteiger partial charge is 0.243 e. The molecular formula is C14H20N2O4. The van der Waals surface area contributed by atoms with Crippen molar-refractivity contribution >= 4 is 5.91 Å². The Bertz CT molecular complexity index is 464. The topological polar surface area (TPSA) is 82.8 Å². The van der Waals surface area contributed by atoms with E-state index in [4.69, 9.17) is 19.9 Å². The van der Waals surface area contributed by atoms with Crippen molar-refractivity contribution in [2.45, 2.75) is 12.5 Å². The summed E-state index contributed by atoms with van der Waals surface area (Å²) < 4.78 is 16.0. The van der Waals surface area contributed by atoms with Crippen molar-refractivity contribution in [3.63, 3.8) is 0 Å². The van der Waals surface area contributed by atoms with Crippen LogP contribution in [-0.4, -0.2) is 39.4 Å². The van der Waals surface area contributed by atoms with Crippen LogP contribution >= 0.6 is 0 Å². The SMILES string of the molecule is COc1ccc2c(c1)C(NCCOCC(N)=O)CCO2. The van der Waals surface area contributed by atoms with E-state index in [1.165, 1.54) is 0 Å². The van der Waals surface area contributed by atoms with E-state index in [0.29, 0.717) is 19.8 Å². The summed E-state index contributed by atoms with van der Waals surface area (Å²) in [7, 11) is 1.64. The molecule has 1 amide bonds. The Morgan fingerprint density at radius 3 is 3.15 bits per heavy atom. The molecule has 0 saturated carbocycles. The number of hydrogen-bond donors (Lipinski definition) is 2. The summed E-state index contributed by atoms with van der Waals surface area (Å²) in [5, 5.41) is 3.39. The standard InChI is InChI=1S/C14H20N2O4/c1-18-10-2-3-13-11(8-10)12(4-6-20-13)16-5-7-19-9-14(15)17/h2-3,8,12,16H,4-7,9H2,1H3,(H2,15,17). The fourth-order valence-corrected chi connectivity index (χ4v) is 2.19. The number of nitrogens with two attached hydrogens (primary N) is 1. The highest BCUT2D eigenvalue weighted by Gasteiger charge is 2.21. The van der Waals surface area contributed by atoms with E-state index in [-0.39, 0.29) is 12.6 Å². The van der Waals surface area contributed by atoms with E-state index in [0.717, 1.165) is 23.5 Å². The van der Waals surface area contributed by atoms with Crippen LogP contribution in [0.2, 0.25) is 0 Å². The largest absolute Gasteiger partial charge is 0.497 e. The first-order chi connectivity index (χ1) is 9.70. The van der Waals surface area contributed by atoms with E-state index < -0.39 is 5.91 Å². The third-order valence-corrected chi connectivity index (χ3v) is 3.14. The first kappa shape index (κ1) is 14.6. The quantitative estimate of drug-likeness (QED) is 0.715. The lowest BCUT2D eigenvalue weighted by Gasteiger charge is -2.27. The van der Waals surface area contributed by atoms with Gasteiger partial charge in [-0.2, -0.15) is 0 Å². The highest BCUT2D eigenvalue weighted by Crippen LogP contribution is 2.34. The van der Waals surface area contributed by atoms with Crippen molar-refractivity contribution in [3.8, 4) is 11.5 Å². The summed E-state index contributed by atoms with van der Waals surface area (Å²) in [6.45, 7) is 1.73. The average Bonchev–Trinajstić information content (AvgIpc) is 2.46. The first-order valence-electron chi connectivity index (χ1n) is 6.61. The summed E-state index contributed by atoms with van der Waals surface area (Å²) in [6.07, 6.45) is 0.885. The molecule has 1 atom stereocenters. The van der Waals surface area contributed by atoms with Gasteiger partial charge in [0.15, 0.2) is 0 Å². The molecule has 110 valence electrons. The number of fused-ring (bicyclic) bond motifs is 1. The Kier molecular flexibility index (Phi) is 5.20. The van der Waals surface area contributed by atoms with Gasteiger partial charge in [0.25, 0.3) is 0 Å². The number of primary amides is 1. The monoisotopic (exact) mass is 280 g/mol. The average molecular weight is 280 g/mol. The molecule has 0 aliphatic carbocycles. The van der Waals surface area contributed by atoms with Crippen LogP contribution in [0.1, 0.15) is 18.0 Å². The van der Waals surface area contributed by atoms with Gasteiger partial charge in [-0.05, 0) is 18.2 Å². The minimum atomic E-state index is -0.453. The summed E-state index contributed by atoms with van der Waals surface area (Å²) in [5.41, 5.74) is 6.09. The van der Waals surface area contributed by atoms with E-state index in [9.17, 15) is 4.79 Å². The van der Waals surface area contributed by atoms with Gasteiger partial charge < -0.3 is 25.3 Å². The second-order valence-electron chi connectivity index (χ2n) is 4.57. The minimum absolute atomic E-state index is 0.0418. The molecule has 6 heteroatoms. The molecule has 1 aliphatic rings. The van der Waals surface area contributed by atoms with Gasteiger partial charge in [-0.1, -0.05) is 0 Å². The maximum atomic E-state index is 10.5. The van der Waals surface area contributed by atoms with Crippen molar-refractivity contribution in [1.29, 1.82) is 0 Å². The number of amides is 1. The highest BCUT2D eigenvalue weighted by molar-refractivity contribution is 5.74. The first-order valence-corrected chi connectivity index (χ1v) is 6.61. The predicted octanol–water partition coefficient (Wildman–Crippen LogP) is 0.610. The number of rotatable bonds is 7. The number of ether oxygens (including phenoxy) is 3. The molecule has 20 heavy (non-hydrogen) atoms. The lowest BCUT2D eigenvalue weighted by atomic mass is 10.0. The molecule has 1 aliphatic heterocycles. The van der Waals surface area contributed by atoms with Crippen LogP contribution in [0.25, 0.3) is 0 Å². The van der Waals surface area contributed by atoms with Crippen LogP contribution in [0, 0.1) is 0 Å². The maximum Gasteiger partial charge on any atom is 0.243 e. The molecule has 1 unspecified atom stereocenters. The zero-order chi connectivity index (χ0) is 14.4. The Morgan fingerprint density at radius 2 is 2.40 bits per heavy atom. The number of carbonyl (C=O) groups excluding carboxylic acids is 1. The Balaban J connectivity index is 1.89. The molecule has 1 heterocycles. The van der Waals surface area contributed by atoms with Crippen molar-refractivity contribution in [1.82, 2.24) is 5.32 Å². The van der Waals surface area contributed by atoms with Crippen molar-refractivity contribution in [2.75, 3.05) is 33.5 Å². The van der Waals surface area contributed by atoms with Gasteiger partial charge in [0.05, 0.1) is 20.3 Å². The third kappa shape index (κ3) is 3.85. The second kappa shape index (κ2) is 7.12. The molecule has 0 spiro atoms. The third-order valence-electron chi connectivity index (χ3n) is 3.14. The summed E-state index contributed by atoms with van der Waals surface area (Å²) in [5.74, 6) is 1.24. The Hall–Kier alpha value is -1.79. The van der Waals surface area contributed by atoms with Crippen LogP contribution in [0.15, 0.2) is 18.2 Å². The molecular weight excluding hydrogens is 260 g/mol. The van der Waals surface area contributed by atoms with Crippen molar-refractivity contribution < 1.29 is 19.0 Å². The molecule has 6 nitrogen and oxygen atoms in total. The van der Waals surface area contributed by atoms with Crippen LogP contribution in [-0.2, 0) is 9.53 Å². The predicted molar refractivity (Wildman–Crippen MR) is 73.9 cm³/mol. The molecule has 1 aromatic rings. The van der Waals surface area contributed by atoms with E-state index in [2.05, 4.69) is 5.32 Å². The van der Waals surface area contributed by atoms with Gasteiger partial charge in [0.1, 0.15) is 18.1 Å². The van der Waals surface area contributed by atoms with Crippen LogP contribution in [0.4, 0.5) is 0 Å². The number of nitrogens with one attached hydrogen (secondary N) is 1. The summed E-state index contributed by atoms with van der Waals surface area (Å²) in [6, 6.07) is 5.99. The number of benzene rings is 1. The van der Waals surface area contributed by atoms with E-state index in [1.54, 1.807) is 7.11 Å². The van der Waals surface area contributed by atoms with Gasteiger partial charge in [0, 0.05) is 24.6 Å². The molecule has 0 radical (unpaired) electrons. The van der Waals surface area contributed by atoms with Gasteiger partial charge >= 0.3 is 0 Å².